The highest BCUT2D eigenvalue weighted by Crippen LogP contribution is 2.52. The van der Waals surface area contributed by atoms with Gasteiger partial charge in [-0.1, -0.05) is 52.8 Å². The standard InChI is InChI=1S/C40H46N2O10SSi/c1-7-19-53(48,49)51-23-27-13-17-30-32-21-28(14-18-31(32)38(43)33(30)20-27)34-24(5)36-35(25(6)52-54(8-2,9-3)10-4)39(44)41(36)37(34)40(45)50-22-26-11-15-29(16-12-26)42(46)47/h11-18,20-21,24-25,35-36H,7-10,19,22-23H2,1-6H3/t24-,25+,35+,36+/m0/s1. The molecule has 286 valence electrons. The Morgan fingerprint density at radius 2 is 1.54 bits per heavy atom. The number of nitro groups is 1. The van der Waals surface area contributed by atoms with Crippen LogP contribution in [0.15, 0.2) is 66.4 Å². The van der Waals surface area contributed by atoms with E-state index in [1.54, 1.807) is 42.2 Å². The van der Waals surface area contributed by atoms with Crippen LogP contribution in [0.1, 0.15) is 80.6 Å². The lowest BCUT2D eigenvalue weighted by Gasteiger charge is -2.49. The van der Waals surface area contributed by atoms with E-state index in [1.165, 1.54) is 24.3 Å². The molecule has 0 aromatic heterocycles. The normalized spacial score (nSPS) is 19.7. The fourth-order valence-corrected chi connectivity index (χ4v) is 12.0. The van der Waals surface area contributed by atoms with Crippen molar-refractivity contribution in [2.75, 3.05) is 5.75 Å². The van der Waals surface area contributed by atoms with Gasteiger partial charge in [0.1, 0.15) is 12.3 Å². The molecule has 3 aliphatic rings. The van der Waals surface area contributed by atoms with E-state index in [-0.39, 0.29) is 60.1 Å². The lowest BCUT2D eigenvalue weighted by Crippen LogP contribution is -2.65. The molecule has 0 spiro atoms. The highest BCUT2D eigenvalue weighted by Gasteiger charge is 2.61. The van der Waals surface area contributed by atoms with Gasteiger partial charge in [0.05, 0.1) is 35.3 Å². The summed E-state index contributed by atoms with van der Waals surface area (Å²) >= 11 is 0. The topological polar surface area (TPSA) is 159 Å². The summed E-state index contributed by atoms with van der Waals surface area (Å²) in [5, 5.41) is 11.1. The molecule has 2 aliphatic heterocycles. The largest absolute Gasteiger partial charge is 0.456 e. The number of ether oxygens (including phenoxy) is 1. The molecule has 1 aliphatic carbocycles. The van der Waals surface area contributed by atoms with E-state index in [0.717, 1.165) is 18.1 Å². The van der Waals surface area contributed by atoms with Gasteiger partial charge in [-0.25, -0.2) is 4.79 Å². The second-order valence-corrected chi connectivity index (χ2v) is 20.8. The van der Waals surface area contributed by atoms with Gasteiger partial charge in [0.25, 0.3) is 15.8 Å². The molecule has 0 unspecified atom stereocenters. The smallest absolute Gasteiger partial charge is 0.355 e. The number of carbonyl (C=O) groups is 3. The first kappa shape index (κ1) is 39.2. The summed E-state index contributed by atoms with van der Waals surface area (Å²) in [5.74, 6) is -1.97. The fourth-order valence-electron chi connectivity index (χ4n) is 8.18. The zero-order chi connectivity index (χ0) is 39.1. The van der Waals surface area contributed by atoms with E-state index < -0.39 is 35.2 Å². The highest BCUT2D eigenvalue weighted by molar-refractivity contribution is 7.86. The number of ketones is 1. The molecule has 54 heavy (non-hydrogen) atoms. The molecule has 1 saturated heterocycles. The van der Waals surface area contributed by atoms with Crippen LogP contribution in [0.5, 0.6) is 0 Å². The zero-order valence-electron chi connectivity index (χ0n) is 31.4. The van der Waals surface area contributed by atoms with Crippen molar-refractivity contribution in [1.82, 2.24) is 4.90 Å². The van der Waals surface area contributed by atoms with E-state index in [0.29, 0.717) is 50.9 Å². The molecule has 12 nitrogen and oxygen atoms in total. The summed E-state index contributed by atoms with van der Waals surface area (Å²) in [7, 11) is -5.75. The number of rotatable bonds is 16. The Labute approximate surface area is 316 Å². The number of hydrogen-bond acceptors (Lipinski definition) is 10. The van der Waals surface area contributed by atoms with Gasteiger partial charge in [0.2, 0.25) is 5.91 Å². The molecule has 0 N–H and O–H groups in total. The minimum absolute atomic E-state index is 0.0847. The second-order valence-electron chi connectivity index (χ2n) is 14.3. The van der Waals surface area contributed by atoms with Gasteiger partial charge in [-0.3, -0.25) is 23.9 Å². The lowest BCUT2D eigenvalue weighted by atomic mass is 9.76. The van der Waals surface area contributed by atoms with Crippen molar-refractivity contribution in [2.45, 2.75) is 91.5 Å². The monoisotopic (exact) mass is 774 g/mol. The molecule has 3 aromatic carbocycles. The number of amides is 1. The van der Waals surface area contributed by atoms with Gasteiger partial charge in [0.15, 0.2) is 14.1 Å². The Morgan fingerprint density at radius 1 is 0.889 bits per heavy atom. The van der Waals surface area contributed by atoms with E-state index >= 15 is 0 Å². The van der Waals surface area contributed by atoms with E-state index in [2.05, 4.69) is 20.8 Å². The molecule has 3 aromatic rings. The zero-order valence-corrected chi connectivity index (χ0v) is 33.2. The molecule has 1 fully saturated rings. The average Bonchev–Trinajstić information content (AvgIpc) is 3.58. The first-order valence-electron chi connectivity index (χ1n) is 18.5. The van der Waals surface area contributed by atoms with Gasteiger partial charge in [-0.15, -0.1) is 0 Å². The van der Waals surface area contributed by atoms with Gasteiger partial charge < -0.3 is 14.1 Å². The Hall–Kier alpha value is -4.50. The van der Waals surface area contributed by atoms with Gasteiger partial charge in [0, 0.05) is 29.2 Å². The van der Waals surface area contributed by atoms with Crippen LogP contribution in [0.3, 0.4) is 0 Å². The summed E-state index contributed by atoms with van der Waals surface area (Å²) < 4.78 is 42.0. The molecular weight excluding hydrogens is 729 g/mol. The number of non-ortho nitro benzene ring substituents is 1. The van der Waals surface area contributed by atoms with Crippen molar-refractivity contribution in [3.8, 4) is 11.1 Å². The first-order valence-corrected chi connectivity index (χ1v) is 22.6. The summed E-state index contributed by atoms with van der Waals surface area (Å²) in [6, 6.07) is 18.7. The number of fused-ring (bicyclic) bond motifs is 4. The highest BCUT2D eigenvalue weighted by atomic mass is 32.2. The van der Waals surface area contributed by atoms with E-state index in [9.17, 15) is 32.9 Å². The molecule has 14 heteroatoms. The molecule has 4 atom stereocenters. The third-order valence-electron chi connectivity index (χ3n) is 11.3. The van der Waals surface area contributed by atoms with Crippen LogP contribution in [0.4, 0.5) is 5.69 Å². The third kappa shape index (κ3) is 7.07. The van der Waals surface area contributed by atoms with Crippen LogP contribution in [-0.2, 0) is 46.3 Å². The maximum Gasteiger partial charge on any atom is 0.355 e. The van der Waals surface area contributed by atoms with Gasteiger partial charge in [-0.05, 0) is 95.2 Å². The predicted octanol–water partition coefficient (Wildman–Crippen LogP) is 7.40. The molecule has 6 rings (SSSR count). The van der Waals surface area contributed by atoms with Crippen molar-refractivity contribution in [3.63, 3.8) is 0 Å². The number of carbonyl (C=O) groups excluding carboxylic acids is 3. The first-order chi connectivity index (χ1) is 25.7. The molecular formula is C40H46N2O10SSi. The summed E-state index contributed by atoms with van der Waals surface area (Å²) in [4.78, 5) is 54.0. The van der Waals surface area contributed by atoms with Gasteiger partial charge >= 0.3 is 5.97 Å². The number of nitrogens with zero attached hydrogens (tertiary/aromatic N) is 2. The second kappa shape index (κ2) is 15.3. The van der Waals surface area contributed by atoms with Crippen LogP contribution in [0.2, 0.25) is 18.1 Å². The Kier molecular flexibility index (Phi) is 11.1. The molecule has 2 heterocycles. The predicted molar refractivity (Wildman–Crippen MR) is 205 cm³/mol. The van der Waals surface area contributed by atoms with E-state index in [1.807, 2.05) is 19.9 Å². The molecule has 0 radical (unpaired) electrons. The quantitative estimate of drug-likeness (QED) is 0.0280. The Balaban J connectivity index is 1.35. The van der Waals surface area contributed by atoms with Crippen LogP contribution in [0, 0.1) is 22.0 Å². The van der Waals surface area contributed by atoms with Crippen molar-refractivity contribution in [2.24, 2.45) is 11.8 Å². The van der Waals surface area contributed by atoms with Crippen LogP contribution in [0.25, 0.3) is 16.7 Å². The van der Waals surface area contributed by atoms with Crippen LogP contribution >= 0.6 is 0 Å². The average molecular weight is 775 g/mol. The number of β-lactam (4-membered cyclic amide) rings is 1. The SMILES string of the molecule is CCCS(=O)(=O)OCc1ccc2c(c1)C(=O)c1ccc(C3=C(C(=O)OCc4ccc([N+](=O)[O-])cc4)N4C(=O)[C@H]([C@@H](C)O[Si](CC)(CC)CC)[C@H]4[C@H]3C)cc1-2. The van der Waals surface area contributed by atoms with E-state index in [4.69, 9.17) is 13.3 Å². The fraction of sp³-hybridized carbons (Fsp3) is 0.425. The maximum atomic E-state index is 14.1. The van der Waals surface area contributed by atoms with Crippen LogP contribution < -0.4 is 0 Å². The molecule has 0 saturated carbocycles. The van der Waals surface area contributed by atoms with Crippen LogP contribution in [-0.4, -0.2) is 62.1 Å². The minimum atomic E-state index is -3.69. The van der Waals surface area contributed by atoms with Gasteiger partial charge in [-0.2, -0.15) is 8.42 Å². The van der Waals surface area contributed by atoms with Crippen molar-refractivity contribution in [1.29, 1.82) is 0 Å². The van der Waals surface area contributed by atoms with Crippen molar-refractivity contribution in [3.05, 3.63) is 104 Å². The lowest BCUT2D eigenvalue weighted by molar-refractivity contribution is -0.384. The maximum absolute atomic E-state index is 14.1. The summed E-state index contributed by atoms with van der Waals surface area (Å²) in [5.41, 5.74) is 4.66. The minimum Gasteiger partial charge on any atom is -0.456 e. The summed E-state index contributed by atoms with van der Waals surface area (Å²) in [6.07, 6.45) is 0.0691. The van der Waals surface area contributed by atoms with Crippen molar-refractivity contribution >= 4 is 47.4 Å². The Bertz CT molecular complexity index is 2140. The number of esters is 1. The number of nitro benzene ring substituents is 1. The molecule has 1 amide bonds. The third-order valence-corrected chi connectivity index (χ3v) is 17.4. The molecule has 0 bridgehead atoms. The number of benzene rings is 3. The van der Waals surface area contributed by atoms with Crippen molar-refractivity contribution < 1.29 is 41.1 Å². The Morgan fingerprint density at radius 3 is 2.17 bits per heavy atom. The number of hydrogen-bond donors (Lipinski definition) is 0. The summed E-state index contributed by atoms with van der Waals surface area (Å²) in [6.45, 7) is 11.8.